The molecule has 0 saturated heterocycles. The number of nitrogens with zero attached hydrogens (tertiary/aromatic N) is 2. The maximum Gasteiger partial charge on any atom is 0.308 e. The van der Waals surface area contributed by atoms with E-state index in [1.807, 2.05) is 39.3 Å². The van der Waals surface area contributed by atoms with Crippen molar-refractivity contribution in [3.8, 4) is 0 Å². The van der Waals surface area contributed by atoms with E-state index in [1.54, 1.807) is 6.20 Å². The van der Waals surface area contributed by atoms with Crippen molar-refractivity contribution in [1.29, 1.82) is 0 Å². The summed E-state index contributed by atoms with van der Waals surface area (Å²) in [6.45, 7) is 10.1. The van der Waals surface area contributed by atoms with Crippen LogP contribution in [0.3, 0.4) is 0 Å². The smallest absolute Gasteiger partial charge is 0.308 e. The van der Waals surface area contributed by atoms with Crippen molar-refractivity contribution in [2.75, 3.05) is 6.54 Å². The highest BCUT2D eigenvalue weighted by Crippen LogP contribution is 2.19. The summed E-state index contributed by atoms with van der Waals surface area (Å²) in [5, 5.41) is 16.2. The standard InChI is InChI=1S/C16H27N3O3/c1-6-8-11(15(21)22)9-17-14(20)12-10-18-19(13(12)7-2)16(3,4)5/h10-11H,6-9H2,1-5H3,(H,17,20)(H,21,22). The third-order valence-electron chi connectivity index (χ3n) is 3.58. The molecule has 0 aromatic carbocycles. The van der Waals surface area contributed by atoms with Crippen LogP contribution in [0.2, 0.25) is 0 Å². The van der Waals surface area contributed by atoms with Crippen LogP contribution in [0.25, 0.3) is 0 Å². The fourth-order valence-electron chi connectivity index (χ4n) is 2.45. The molecular formula is C16H27N3O3. The van der Waals surface area contributed by atoms with Crippen molar-refractivity contribution in [2.24, 2.45) is 5.92 Å². The van der Waals surface area contributed by atoms with Gasteiger partial charge in [-0.05, 0) is 33.6 Å². The van der Waals surface area contributed by atoms with Crippen LogP contribution in [0.15, 0.2) is 6.20 Å². The average Bonchev–Trinajstić information content (AvgIpc) is 2.86. The lowest BCUT2D eigenvalue weighted by molar-refractivity contribution is -0.141. The molecule has 1 heterocycles. The van der Waals surface area contributed by atoms with E-state index in [-0.39, 0.29) is 18.0 Å². The SMILES string of the molecule is CCCC(CNC(=O)c1cnn(C(C)(C)C)c1CC)C(=O)O. The number of nitrogens with one attached hydrogen (secondary N) is 1. The topological polar surface area (TPSA) is 84.2 Å². The molecule has 1 aromatic heterocycles. The predicted molar refractivity (Wildman–Crippen MR) is 85.0 cm³/mol. The highest BCUT2D eigenvalue weighted by atomic mass is 16.4. The number of hydrogen-bond donors (Lipinski definition) is 2. The van der Waals surface area contributed by atoms with Gasteiger partial charge in [-0.1, -0.05) is 20.3 Å². The number of hydrogen-bond acceptors (Lipinski definition) is 3. The lowest BCUT2D eigenvalue weighted by atomic mass is 10.0. The summed E-state index contributed by atoms with van der Waals surface area (Å²) in [4.78, 5) is 23.5. The molecule has 2 N–H and O–H groups in total. The van der Waals surface area contributed by atoms with E-state index >= 15 is 0 Å². The summed E-state index contributed by atoms with van der Waals surface area (Å²) >= 11 is 0. The van der Waals surface area contributed by atoms with Crippen LogP contribution in [0.4, 0.5) is 0 Å². The fourth-order valence-corrected chi connectivity index (χ4v) is 2.45. The molecule has 1 aromatic rings. The predicted octanol–water partition coefficient (Wildman–Crippen LogP) is 2.43. The molecule has 0 saturated carbocycles. The lowest BCUT2D eigenvalue weighted by Crippen LogP contribution is -2.33. The van der Waals surface area contributed by atoms with Crippen LogP contribution < -0.4 is 5.32 Å². The summed E-state index contributed by atoms with van der Waals surface area (Å²) in [5.74, 6) is -1.67. The number of aromatic nitrogens is 2. The lowest BCUT2D eigenvalue weighted by Gasteiger charge is -2.22. The van der Waals surface area contributed by atoms with Crippen molar-refractivity contribution in [3.63, 3.8) is 0 Å². The molecule has 1 atom stereocenters. The highest BCUT2D eigenvalue weighted by molar-refractivity contribution is 5.95. The molecule has 6 heteroatoms. The van der Waals surface area contributed by atoms with E-state index in [2.05, 4.69) is 10.4 Å². The normalized spacial score (nSPS) is 13.0. The van der Waals surface area contributed by atoms with Crippen molar-refractivity contribution in [1.82, 2.24) is 15.1 Å². The van der Waals surface area contributed by atoms with Gasteiger partial charge in [-0.3, -0.25) is 14.3 Å². The molecule has 0 bridgehead atoms. The van der Waals surface area contributed by atoms with E-state index in [9.17, 15) is 9.59 Å². The van der Waals surface area contributed by atoms with E-state index in [1.165, 1.54) is 0 Å². The quantitative estimate of drug-likeness (QED) is 0.810. The van der Waals surface area contributed by atoms with Gasteiger partial charge >= 0.3 is 5.97 Å². The summed E-state index contributed by atoms with van der Waals surface area (Å²) in [5.41, 5.74) is 1.20. The summed E-state index contributed by atoms with van der Waals surface area (Å²) in [6, 6.07) is 0. The third kappa shape index (κ3) is 4.32. The number of carboxylic acid groups (broad SMARTS) is 1. The Morgan fingerprint density at radius 3 is 2.45 bits per heavy atom. The number of amides is 1. The fraction of sp³-hybridized carbons (Fsp3) is 0.688. The maximum absolute atomic E-state index is 12.3. The summed E-state index contributed by atoms with van der Waals surface area (Å²) in [7, 11) is 0. The molecule has 0 radical (unpaired) electrons. The second kappa shape index (κ2) is 7.42. The Hall–Kier alpha value is -1.85. The van der Waals surface area contributed by atoms with Gasteiger partial charge in [0.1, 0.15) is 0 Å². The Bertz CT molecular complexity index is 529. The maximum atomic E-state index is 12.3. The second-order valence-electron chi connectivity index (χ2n) is 6.47. The minimum atomic E-state index is -0.872. The zero-order chi connectivity index (χ0) is 16.9. The Kier molecular flexibility index (Phi) is 6.14. The Labute approximate surface area is 131 Å². The van der Waals surface area contributed by atoms with Gasteiger partial charge < -0.3 is 10.4 Å². The molecule has 0 aliphatic carbocycles. The van der Waals surface area contributed by atoms with Gasteiger partial charge in [0.25, 0.3) is 5.91 Å². The number of rotatable bonds is 7. The van der Waals surface area contributed by atoms with Gasteiger partial charge in [-0.15, -0.1) is 0 Å². The van der Waals surface area contributed by atoms with Crippen LogP contribution in [0.1, 0.15) is 63.5 Å². The van der Waals surface area contributed by atoms with Crippen molar-refractivity contribution < 1.29 is 14.7 Å². The molecule has 0 fully saturated rings. The molecule has 1 amide bonds. The summed E-state index contributed by atoms with van der Waals surface area (Å²) < 4.78 is 1.85. The van der Waals surface area contributed by atoms with E-state index in [0.717, 1.165) is 12.1 Å². The molecule has 124 valence electrons. The Morgan fingerprint density at radius 2 is 2.00 bits per heavy atom. The minimum absolute atomic E-state index is 0.145. The first-order valence-electron chi connectivity index (χ1n) is 7.80. The molecule has 0 aliphatic heterocycles. The van der Waals surface area contributed by atoms with Crippen LogP contribution >= 0.6 is 0 Å². The van der Waals surface area contributed by atoms with Gasteiger partial charge in [0.2, 0.25) is 0 Å². The molecule has 1 rings (SSSR count). The van der Waals surface area contributed by atoms with E-state index < -0.39 is 11.9 Å². The minimum Gasteiger partial charge on any atom is -0.481 e. The number of carbonyl (C=O) groups is 2. The van der Waals surface area contributed by atoms with Crippen LogP contribution in [-0.2, 0) is 16.8 Å². The monoisotopic (exact) mass is 309 g/mol. The molecular weight excluding hydrogens is 282 g/mol. The number of carboxylic acids is 1. The van der Waals surface area contributed by atoms with Gasteiger partial charge in [0.05, 0.1) is 28.9 Å². The number of aliphatic carboxylic acids is 1. The van der Waals surface area contributed by atoms with E-state index in [0.29, 0.717) is 18.4 Å². The molecule has 22 heavy (non-hydrogen) atoms. The Balaban J connectivity index is 2.86. The van der Waals surface area contributed by atoms with E-state index in [4.69, 9.17) is 5.11 Å². The van der Waals surface area contributed by atoms with Crippen LogP contribution in [0.5, 0.6) is 0 Å². The zero-order valence-corrected chi connectivity index (χ0v) is 14.1. The van der Waals surface area contributed by atoms with Crippen molar-refractivity contribution >= 4 is 11.9 Å². The van der Waals surface area contributed by atoms with Crippen molar-refractivity contribution in [2.45, 2.75) is 59.4 Å². The average molecular weight is 309 g/mol. The van der Waals surface area contributed by atoms with Crippen molar-refractivity contribution in [3.05, 3.63) is 17.5 Å². The van der Waals surface area contributed by atoms with Gasteiger partial charge in [0.15, 0.2) is 0 Å². The first kappa shape index (κ1) is 18.2. The Morgan fingerprint density at radius 1 is 1.36 bits per heavy atom. The first-order valence-corrected chi connectivity index (χ1v) is 7.80. The largest absolute Gasteiger partial charge is 0.481 e. The highest BCUT2D eigenvalue weighted by Gasteiger charge is 2.24. The zero-order valence-electron chi connectivity index (χ0n) is 14.1. The van der Waals surface area contributed by atoms with Gasteiger partial charge in [0, 0.05) is 6.54 Å². The van der Waals surface area contributed by atoms with Crippen LogP contribution in [0, 0.1) is 5.92 Å². The molecule has 1 unspecified atom stereocenters. The first-order chi connectivity index (χ1) is 10.2. The van der Waals surface area contributed by atoms with Gasteiger partial charge in [-0.25, -0.2) is 0 Å². The van der Waals surface area contributed by atoms with Crippen LogP contribution in [-0.4, -0.2) is 33.3 Å². The number of carbonyl (C=O) groups excluding carboxylic acids is 1. The molecule has 0 spiro atoms. The molecule has 0 aliphatic rings. The van der Waals surface area contributed by atoms with Gasteiger partial charge in [-0.2, -0.15) is 5.10 Å². The molecule has 6 nitrogen and oxygen atoms in total. The second-order valence-corrected chi connectivity index (χ2v) is 6.47. The third-order valence-corrected chi connectivity index (χ3v) is 3.58. The summed E-state index contributed by atoms with van der Waals surface area (Å²) in [6.07, 6.45) is 3.58.